The number of halogens is 2. The summed E-state index contributed by atoms with van der Waals surface area (Å²) in [5.41, 5.74) is 0.724. The van der Waals surface area contributed by atoms with Gasteiger partial charge in [0.2, 0.25) is 5.91 Å². The average Bonchev–Trinajstić information content (AvgIpc) is 2.25. The second kappa shape index (κ2) is 4.29. The Morgan fingerprint density at radius 1 is 1.65 bits per heavy atom. The minimum atomic E-state index is -0.480. The van der Waals surface area contributed by atoms with Crippen LogP contribution in [0.5, 0.6) is 5.75 Å². The van der Waals surface area contributed by atoms with Crippen molar-refractivity contribution in [1.29, 1.82) is 0 Å². The summed E-state index contributed by atoms with van der Waals surface area (Å²) in [5, 5.41) is 9.90. The molecule has 0 spiro atoms. The number of rotatable bonds is 0. The third kappa shape index (κ3) is 1.92. The first-order valence-corrected chi connectivity index (χ1v) is 6.22. The number of phenols is 1. The maximum absolute atomic E-state index is 14.0. The zero-order valence-corrected chi connectivity index (χ0v) is 11.2. The number of carbonyl (C=O) groups is 1. The van der Waals surface area contributed by atoms with E-state index in [4.69, 9.17) is 0 Å². The standard InChI is InChI=1S/C12H13BrFNO2/c1-6-3-4-8-11(15(6)7(2)16)10(14)5-9(13)12(8)17/h5-6,17H,3-4H2,1-2H3. The summed E-state index contributed by atoms with van der Waals surface area (Å²) in [4.78, 5) is 13.0. The van der Waals surface area contributed by atoms with Crippen molar-refractivity contribution in [2.45, 2.75) is 32.7 Å². The van der Waals surface area contributed by atoms with E-state index >= 15 is 0 Å². The molecule has 0 fully saturated rings. The molecular formula is C12H13BrFNO2. The fourth-order valence-electron chi connectivity index (χ4n) is 2.32. The van der Waals surface area contributed by atoms with E-state index in [1.807, 2.05) is 6.92 Å². The van der Waals surface area contributed by atoms with Gasteiger partial charge in [0.1, 0.15) is 11.6 Å². The minimum absolute atomic E-state index is 0.0274. The Kier molecular flexibility index (Phi) is 3.12. The molecule has 0 aromatic heterocycles. The lowest BCUT2D eigenvalue weighted by Gasteiger charge is -2.35. The number of nitrogens with zero attached hydrogens (tertiary/aromatic N) is 1. The molecule has 1 aromatic carbocycles. The van der Waals surface area contributed by atoms with Crippen LogP contribution in [-0.2, 0) is 11.2 Å². The van der Waals surface area contributed by atoms with E-state index in [0.29, 0.717) is 16.5 Å². The number of carbonyl (C=O) groups excluding carboxylic acids is 1. The molecule has 5 heteroatoms. The van der Waals surface area contributed by atoms with Crippen LogP contribution in [0.1, 0.15) is 25.8 Å². The lowest BCUT2D eigenvalue weighted by Crippen LogP contribution is -2.41. The predicted molar refractivity (Wildman–Crippen MR) is 66.7 cm³/mol. The molecule has 3 nitrogen and oxygen atoms in total. The van der Waals surface area contributed by atoms with Crippen LogP contribution in [-0.4, -0.2) is 17.1 Å². The normalized spacial score (nSPS) is 19.1. The fourth-order valence-corrected chi connectivity index (χ4v) is 2.76. The van der Waals surface area contributed by atoms with Gasteiger partial charge in [-0.2, -0.15) is 0 Å². The van der Waals surface area contributed by atoms with Crippen molar-refractivity contribution in [2.75, 3.05) is 4.90 Å². The van der Waals surface area contributed by atoms with Crippen molar-refractivity contribution in [3.63, 3.8) is 0 Å². The van der Waals surface area contributed by atoms with Crippen LogP contribution >= 0.6 is 15.9 Å². The highest BCUT2D eigenvalue weighted by Crippen LogP contribution is 2.42. The van der Waals surface area contributed by atoms with E-state index in [-0.39, 0.29) is 23.4 Å². The third-order valence-corrected chi connectivity index (χ3v) is 3.72. The summed E-state index contributed by atoms with van der Waals surface area (Å²) in [7, 11) is 0. The van der Waals surface area contributed by atoms with E-state index in [0.717, 1.165) is 6.42 Å². The molecule has 1 amide bonds. The Balaban J connectivity index is 2.67. The van der Waals surface area contributed by atoms with E-state index in [9.17, 15) is 14.3 Å². The van der Waals surface area contributed by atoms with Gasteiger partial charge in [0.05, 0.1) is 10.2 Å². The first-order valence-electron chi connectivity index (χ1n) is 5.43. The largest absolute Gasteiger partial charge is 0.506 e. The molecule has 1 unspecified atom stereocenters. The van der Waals surface area contributed by atoms with Gasteiger partial charge in [-0.05, 0) is 41.8 Å². The van der Waals surface area contributed by atoms with Gasteiger partial charge in [0.25, 0.3) is 0 Å². The third-order valence-electron chi connectivity index (χ3n) is 3.11. The Bertz CT molecular complexity index is 490. The molecule has 1 aliphatic rings. The summed E-state index contributed by atoms with van der Waals surface area (Å²) < 4.78 is 14.3. The summed E-state index contributed by atoms with van der Waals surface area (Å²) >= 11 is 3.10. The van der Waals surface area contributed by atoms with Crippen LogP contribution in [0, 0.1) is 5.82 Å². The molecule has 0 bridgehead atoms. The summed E-state index contributed by atoms with van der Waals surface area (Å²) in [6, 6.07) is 1.15. The molecule has 0 saturated heterocycles. The lowest BCUT2D eigenvalue weighted by atomic mass is 9.95. The highest BCUT2D eigenvalue weighted by Gasteiger charge is 2.31. The number of fused-ring (bicyclic) bond motifs is 1. The van der Waals surface area contributed by atoms with Gasteiger partial charge in [-0.15, -0.1) is 0 Å². The number of phenolic OH excluding ortho intramolecular Hbond substituents is 1. The maximum atomic E-state index is 14.0. The first kappa shape index (κ1) is 12.4. The van der Waals surface area contributed by atoms with Gasteiger partial charge in [-0.3, -0.25) is 4.79 Å². The topological polar surface area (TPSA) is 40.5 Å². The van der Waals surface area contributed by atoms with Crippen molar-refractivity contribution in [1.82, 2.24) is 0 Å². The van der Waals surface area contributed by atoms with Crippen LogP contribution in [0.3, 0.4) is 0 Å². The minimum Gasteiger partial charge on any atom is -0.506 e. The molecule has 2 rings (SSSR count). The molecule has 0 saturated carbocycles. The van der Waals surface area contributed by atoms with E-state index in [1.165, 1.54) is 17.9 Å². The number of amides is 1. The molecule has 92 valence electrons. The van der Waals surface area contributed by atoms with Gasteiger partial charge in [-0.25, -0.2) is 4.39 Å². The monoisotopic (exact) mass is 301 g/mol. The summed E-state index contributed by atoms with van der Waals surface area (Å²) in [6.07, 6.45) is 1.29. The van der Waals surface area contributed by atoms with Crippen molar-refractivity contribution in [2.24, 2.45) is 0 Å². The number of hydrogen-bond donors (Lipinski definition) is 1. The zero-order valence-electron chi connectivity index (χ0n) is 9.63. The van der Waals surface area contributed by atoms with Crippen LogP contribution in [0.25, 0.3) is 0 Å². The van der Waals surface area contributed by atoms with Crippen molar-refractivity contribution in [3.8, 4) is 5.75 Å². The molecule has 1 aromatic rings. The maximum Gasteiger partial charge on any atom is 0.224 e. The van der Waals surface area contributed by atoms with Crippen LogP contribution in [0.2, 0.25) is 0 Å². The van der Waals surface area contributed by atoms with Crippen molar-refractivity contribution in [3.05, 3.63) is 21.9 Å². The Morgan fingerprint density at radius 3 is 2.88 bits per heavy atom. The zero-order chi connectivity index (χ0) is 12.7. The lowest BCUT2D eigenvalue weighted by molar-refractivity contribution is -0.117. The smallest absolute Gasteiger partial charge is 0.224 e. The van der Waals surface area contributed by atoms with Gasteiger partial charge in [0, 0.05) is 18.5 Å². The second-order valence-electron chi connectivity index (χ2n) is 4.29. The molecule has 0 radical (unpaired) electrons. The van der Waals surface area contributed by atoms with Crippen LogP contribution in [0.4, 0.5) is 10.1 Å². The summed E-state index contributed by atoms with van der Waals surface area (Å²) in [5.74, 6) is -0.662. The quantitative estimate of drug-likeness (QED) is 0.800. The van der Waals surface area contributed by atoms with E-state index in [1.54, 1.807) is 0 Å². The van der Waals surface area contributed by atoms with E-state index < -0.39 is 5.82 Å². The van der Waals surface area contributed by atoms with Crippen LogP contribution < -0.4 is 4.90 Å². The number of hydrogen-bond acceptors (Lipinski definition) is 2. The number of benzene rings is 1. The second-order valence-corrected chi connectivity index (χ2v) is 5.15. The Morgan fingerprint density at radius 2 is 2.29 bits per heavy atom. The molecule has 1 atom stereocenters. The highest BCUT2D eigenvalue weighted by atomic mass is 79.9. The molecule has 1 aliphatic heterocycles. The molecule has 0 aliphatic carbocycles. The highest BCUT2D eigenvalue weighted by molar-refractivity contribution is 9.10. The molecule has 1 N–H and O–H groups in total. The fraction of sp³-hybridized carbons (Fsp3) is 0.417. The first-order chi connectivity index (χ1) is 7.93. The average molecular weight is 302 g/mol. The van der Waals surface area contributed by atoms with Crippen molar-refractivity contribution >= 4 is 27.5 Å². The molecule has 17 heavy (non-hydrogen) atoms. The SMILES string of the molecule is CC(=O)N1c2c(F)cc(Br)c(O)c2CCC1C. The molecular weight excluding hydrogens is 289 g/mol. The van der Waals surface area contributed by atoms with E-state index in [2.05, 4.69) is 15.9 Å². The van der Waals surface area contributed by atoms with Crippen molar-refractivity contribution < 1.29 is 14.3 Å². The van der Waals surface area contributed by atoms with Gasteiger partial charge in [0.15, 0.2) is 0 Å². The Labute approximate surface area is 107 Å². The Hall–Kier alpha value is -1.10. The number of aromatic hydroxyl groups is 1. The van der Waals surface area contributed by atoms with Gasteiger partial charge < -0.3 is 10.0 Å². The molecule has 1 heterocycles. The number of anilines is 1. The van der Waals surface area contributed by atoms with Crippen LogP contribution in [0.15, 0.2) is 10.5 Å². The predicted octanol–water partition coefficient (Wildman–Crippen LogP) is 2.98. The van der Waals surface area contributed by atoms with Gasteiger partial charge >= 0.3 is 0 Å². The van der Waals surface area contributed by atoms with Gasteiger partial charge in [-0.1, -0.05) is 0 Å². The summed E-state index contributed by atoms with van der Waals surface area (Å²) in [6.45, 7) is 3.28.